The van der Waals surface area contributed by atoms with Crippen LogP contribution in [0.4, 0.5) is 0 Å². The Morgan fingerprint density at radius 1 is 1.19 bits per heavy atom. The second-order valence-corrected chi connectivity index (χ2v) is 5.74. The Bertz CT molecular complexity index is 666. The van der Waals surface area contributed by atoms with E-state index in [1.165, 1.54) is 0 Å². The third-order valence-corrected chi connectivity index (χ3v) is 3.95. The summed E-state index contributed by atoms with van der Waals surface area (Å²) >= 11 is 0. The van der Waals surface area contributed by atoms with Gasteiger partial charge in [0, 0.05) is 30.5 Å². The van der Waals surface area contributed by atoms with Gasteiger partial charge >= 0.3 is 0 Å². The first kappa shape index (κ1) is 24.2. The van der Waals surface area contributed by atoms with Crippen LogP contribution in [-0.4, -0.2) is 30.6 Å². The Morgan fingerprint density at radius 2 is 1.88 bits per heavy atom. The Hall–Kier alpha value is -1.82. The van der Waals surface area contributed by atoms with E-state index in [4.69, 9.17) is 10.5 Å². The average molecular weight is 400 g/mol. The highest BCUT2D eigenvalue weighted by atomic mass is 35.5. The number of nitrogens with two attached hydrogens (primary N) is 1. The first-order chi connectivity index (χ1) is 11.7. The zero-order valence-corrected chi connectivity index (χ0v) is 16.7. The smallest absolute Gasteiger partial charge is 0.253 e. The van der Waals surface area contributed by atoms with Crippen molar-refractivity contribution in [3.8, 4) is 16.9 Å². The average Bonchev–Trinajstić information content (AvgIpc) is 2.65. The zero-order valence-electron chi connectivity index (χ0n) is 15.1. The van der Waals surface area contributed by atoms with Gasteiger partial charge in [-0.05, 0) is 30.2 Å². The number of carbonyl (C=O) groups is 1. The molecule has 0 bridgehead atoms. The maximum atomic E-state index is 12.4. The van der Waals surface area contributed by atoms with Crippen molar-refractivity contribution in [3.05, 3.63) is 48.3 Å². The molecular formula is C19H27Cl2N3O2. The highest BCUT2D eigenvalue weighted by molar-refractivity contribution is 5.95. The molecule has 2 rings (SSSR count). The number of nitrogens with zero attached hydrogens (tertiary/aromatic N) is 1. The van der Waals surface area contributed by atoms with Gasteiger partial charge in [-0.25, -0.2) is 0 Å². The van der Waals surface area contributed by atoms with Gasteiger partial charge in [0.2, 0.25) is 0 Å². The molecule has 1 aromatic carbocycles. The first-order valence-corrected chi connectivity index (χ1v) is 8.28. The monoisotopic (exact) mass is 399 g/mol. The molecule has 0 spiro atoms. The van der Waals surface area contributed by atoms with Gasteiger partial charge in [0.1, 0.15) is 5.75 Å². The SMILES string of the molecule is CCCCC(CN)NC(=O)c1cncc(-c2ccc(OC)cc2)c1.Cl.Cl. The Morgan fingerprint density at radius 3 is 2.46 bits per heavy atom. The zero-order chi connectivity index (χ0) is 17.4. The lowest BCUT2D eigenvalue weighted by atomic mass is 10.1. The van der Waals surface area contributed by atoms with Crippen LogP contribution in [0.25, 0.3) is 11.1 Å². The minimum Gasteiger partial charge on any atom is -0.497 e. The highest BCUT2D eigenvalue weighted by Crippen LogP contribution is 2.22. The molecule has 0 aliphatic carbocycles. The maximum absolute atomic E-state index is 12.4. The molecule has 3 N–H and O–H groups in total. The van der Waals surface area contributed by atoms with Crippen LogP contribution in [-0.2, 0) is 0 Å². The quantitative estimate of drug-likeness (QED) is 0.706. The number of hydrogen-bond acceptors (Lipinski definition) is 4. The van der Waals surface area contributed by atoms with Crippen molar-refractivity contribution in [1.82, 2.24) is 10.3 Å². The summed E-state index contributed by atoms with van der Waals surface area (Å²) in [6.07, 6.45) is 6.35. The summed E-state index contributed by atoms with van der Waals surface area (Å²) in [5.74, 6) is 0.659. The molecular weight excluding hydrogens is 373 g/mol. The number of ether oxygens (including phenoxy) is 1. The standard InChI is InChI=1S/C19H25N3O2.2ClH/c1-3-4-5-17(11-20)22-19(23)16-10-15(12-21-13-16)14-6-8-18(24-2)9-7-14;;/h6-10,12-13,17H,3-5,11,20H2,1-2H3,(H,22,23);2*1H. The van der Waals surface area contributed by atoms with Crippen molar-refractivity contribution in [1.29, 1.82) is 0 Å². The molecule has 1 aromatic heterocycles. The van der Waals surface area contributed by atoms with E-state index in [1.807, 2.05) is 30.3 Å². The van der Waals surface area contributed by atoms with Crippen LogP contribution < -0.4 is 15.8 Å². The highest BCUT2D eigenvalue weighted by Gasteiger charge is 2.13. The predicted octanol–water partition coefficient (Wildman–Crippen LogP) is 3.85. The molecule has 26 heavy (non-hydrogen) atoms. The largest absolute Gasteiger partial charge is 0.497 e. The van der Waals surface area contributed by atoms with Gasteiger partial charge in [-0.15, -0.1) is 24.8 Å². The van der Waals surface area contributed by atoms with Crippen LogP contribution in [0.3, 0.4) is 0 Å². The molecule has 2 aromatic rings. The number of nitrogens with one attached hydrogen (secondary N) is 1. The summed E-state index contributed by atoms with van der Waals surface area (Å²) in [6, 6.07) is 9.51. The summed E-state index contributed by atoms with van der Waals surface area (Å²) in [5, 5.41) is 2.99. The number of unbranched alkanes of at least 4 members (excludes halogenated alkanes) is 1. The number of methoxy groups -OCH3 is 1. The molecule has 0 saturated heterocycles. The van der Waals surface area contributed by atoms with Crippen molar-refractivity contribution >= 4 is 30.7 Å². The molecule has 144 valence electrons. The summed E-state index contributed by atoms with van der Waals surface area (Å²) in [6.45, 7) is 2.56. The number of halogens is 2. The molecule has 0 aliphatic heterocycles. The van der Waals surface area contributed by atoms with E-state index < -0.39 is 0 Å². The molecule has 0 radical (unpaired) electrons. The van der Waals surface area contributed by atoms with Crippen molar-refractivity contribution in [3.63, 3.8) is 0 Å². The number of rotatable bonds is 8. The van der Waals surface area contributed by atoms with E-state index in [1.54, 1.807) is 19.5 Å². The van der Waals surface area contributed by atoms with Crippen LogP contribution in [0.5, 0.6) is 5.75 Å². The fourth-order valence-electron chi connectivity index (χ4n) is 2.47. The van der Waals surface area contributed by atoms with Crippen LogP contribution in [0, 0.1) is 0 Å². The van der Waals surface area contributed by atoms with Gasteiger partial charge in [-0.1, -0.05) is 31.9 Å². The van der Waals surface area contributed by atoms with E-state index in [-0.39, 0.29) is 36.8 Å². The van der Waals surface area contributed by atoms with Crippen molar-refractivity contribution in [2.45, 2.75) is 32.2 Å². The molecule has 1 atom stereocenters. The predicted molar refractivity (Wildman–Crippen MR) is 111 cm³/mol. The lowest BCUT2D eigenvalue weighted by Crippen LogP contribution is -2.40. The summed E-state index contributed by atoms with van der Waals surface area (Å²) in [5.41, 5.74) is 8.16. The Kier molecular flexibility index (Phi) is 11.6. The first-order valence-electron chi connectivity index (χ1n) is 8.28. The normalized spacial score (nSPS) is 10.9. The second-order valence-electron chi connectivity index (χ2n) is 5.74. The van der Waals surface area contributed by atoms with Gasteiger partial charge in [-0.2, -0.15) is 0 Å². The molecule has 1 amide bonds. The summed E-state index contributed by atoms with van der Waals surface area (Å²) < 4.78 is 5.16. The molecule has 5 nitrogen and oxygen atoms in total. The summed E-state index contributed by atoms with van der Waals surface area (Å²) in [7, 11) is 1.63. The topological polar surface area (TPSA) is 77.2 Å². The Balaban J connectivity index is 0.00000312. The van der Waals surface area contributed by atoms with E-state index in [0.717, 1.165) is 36.1 Å². The van der Waals surface area contributed by atoms with Gasteiger partial charge in [-0.3, -0.25) is 9.78 Å². The molecule has 7 heteroatoms. The van der Waals surface area contributed by atoms with Crippen LogP contribution in [0.15, 0.2) is 42.7 Å². The van der Waals surface area contributed by atoms with Gasteiger partial charge in [0.05, 0.1) is 12.7 Å². The van der Waals surface area contributed by atoms with E-state index in [9.17, 15) is 4.79 Å². The number of hydrogen-bond donors (Lipinski definition) is 2. The number of carbonyl (C=O) groups excluding carboxylic acids is 1. The summed E-state index contributed by atoms with van der Waals surface area (Å²) in [4.78, 5) is 16.6. The Labute approximate surface area is 167 Å². The molecule has 1 unspecified atom stereocenters. The third kappa shape index (κ3) is 6.83. The van der Waals surface area contributed by atoms with Gasteiger partial charge in [0.25, 0.3) is 5.91 Å². The lowest BCUT2D eigenvalue weighted by molar-refractivity contribution is 0.0935. The number of pyridine rings is 1. The second kappa shape index (κ2) is 12.5. The molecule has 0 aliphatic rings. The van der Waals surface area contributed by atoms with Crippen LogP contribution >= 0.6 is 24.8 Å². The third-order valence-electron chi connectivity index (χ3n) is 3.95. The molecule has 0 fully saturated rings. The van der Waals surface area contributed by atoms with E-state index in [0.29, 0.717) is 12.1 Å². The lowest BCUT2D eigenvalue weighted by Gasteiger charge is -2.16. The molecule has 0 saturated carbocycles. The minimum absolute atomic E-state index is 0. The fraction of sp³-hybridized carbons (Fsp3) is 0.368. The van der Waals surface area contributed by atoms with Crippen LogP contribution in [0.2, 0.25) is 0 Å². The van der Waals surface area contributed by atoms with Crippen molar-refractivity contribution < 1.29 is 9.53 Å². The van der Waals surface area contributed by atoms with Gasteiger partial charge < -0.3 is 15.8 Å². The van der Waals surface area contributed by atoms with Crippen LogP contribution in [0.1, 0.15) is 36.5 Å². The number of benzene rings is 1. The fourth-order valence-corrected chi connectivity index (χ4v) is 2.47. The number of aromatic nitrogens is 1. The minimum atomic E-state index is -0.135. The van der Waals surface area contributed by atoms with E-state index >= 15 is 0 Å². The number of amides is 1. The maximum Gasteiger partial charge on any atom is 0.253 e. The van der Waals surface area contributed by atoms with Crippen molar-refractivity contribution in [2.24, 2.45) is 5.73 Å². The van der Waals surface area contributed by atoms with E-state index in [2.05, 4.69) is 17.2 Å². The molecule has 1 heterocycles. The van der Waals surface area contributed by atoms with Gasteiger partial charge in [0.15, 0.2) is 0 Å². The van der Waals surface area contributed by atoms with Crippen molar-refractivity contribution in [2.75, 3.05) is 13.7 Å².